The fraction of sp³-hybridized carbons (Fsp3) is 0.692. The SMILES string of the molecule is CCCNc1ncc([N+](=O)[O-])c(NC(CC)(CC)CO)n1. The first-order valence-electron chi connectivity index (χ1n) is 7.16. The summed E-state index contributed by atoms with van der Waals surface area (Å²) in [5.74, 6) is 0.468. The fourth-order valence-corrected chi connectivity index (χ4v) is 1.86. The summed E-state index contributed by atoms with van der Waals surface area (Å²) >= 11 is 0. The minimum Gasteiger partial charge on any atom is -0.394 e. The summed E-state index contributed by atoms with van der Waals surface area (Å²) in [4.78, 5) is 18.7. The third-order valence-electron chi connectivity index (χ3n) is 3.54. The highest BCUT2D eigenvalue weighted by atomic mass is 16.6. The van der Waals surface area contributed by atoms with Crippen molar-refractivity contribution in [2.75, 3.05) is 23.8 Å². The normalized spacial score (nSPS) is 11.2. The lowest BCUT2D eigenvalue weighted by Gasteiger charge is -2.31. The van der Waals surface area contributed by atoms with Crippen LogP contribution in [0.5, 0.6) is 0 Å². The third kappa shape index (κ3) is 4.25. The van der Waals surface area contributed by atoms with Gasteiger partial charge >= 0.3 is 5.69 Å². The van der Waals surface area contributed by atoms with Crippen LogP contribution in [0.15, 0.2) is 6.20 Å². The van der Waals surface area contributed by atoms with Gasteiger partial charge in [-0.2, -0.15) is 4.98 Å². The van der Waals surface area contributed by atoms with Gasteiger partial charge in [-0.05, 0) is 19.3 Å². The quantitative estimate of drug-likeness (QED) is 0.473. The Labute approximate surface area is 124 Å². The van der Waals surface area contributed by atoms with Crippen LogP contribution >= 0.6 is 0 Å². The van der Waals surface area contributed by atoms with Gasteiger partial charge in [0.1, 0.15) is 6.20 Å². The Hall–Kier alpha value is -1.96. The smallest absolute Gasteiger partial charge is 0.329 e. The van der Waals surface area contributed by atoms with E-state index >= 15 is 0 Å². The number of hydrogen-bond donors (Lipinski definition) is 3. The number of aliphatic hydroxyl groups excluding tert-OH is 1. The number of rotatable bonds is 9. The largest absolute Gasteiger partial charge is 0.394 e. The van der Waals surface area contributed by atoms with Gasteiger partial charge in [-0.25, -0.2) is 4.98 Å². The molecule has 0 aliphatic heterocycles. The molecule has 1 heterocycles. The molecule has 0 amide bonds. The lowest BCUT2D eigenvalue weighted by molar-refractivity contribution is -0.384. The number of aliphatic hydroxyl groups is 1. The van der Waals surface area contributed by atoms with Crippen LogP contribution in [0.2, 0.25) is 0 Å². The molecule has 0 radical (unpaired) electrons. The van der Waals surface area contributed by atoms with Crippen LogP contribution in [-0.4, -0.2) is 38.7 Å². The van der Waals surface area contributed by atoms with Crippen molar-refractivity contribution in [1.29, 1.82) is 0 Å². The van der Waals surface area contributed by atoms with E-state index < -0.39 is 10.5 Å². The van der Waals surface area contributed by atoms with E-state index in [-0.39, 0.29) is 18.1 Å². The summed E-state index contributed by atoms with van der Waals surface area (Å²) in [5.41, 5.74) is -0.821. The molecule has 0 aromatic carbocycles. The van der Waals surface area contributed by atoms with E-state index in [0.717, 1.165) is 6.42 Å². The average Bonchev–Trinajstić information content (AvgIpc) is 2.50. The molecule has 8 nitrogen and oxygen atoms in total. The highest BCUT2D eigenvalue weighted by Gasteiger charge is 2.29. The Morgan fingerprint density at radius 1 is 1.38 bits per heavy atom. The summed E-state index contributed by atoms with van der Waals surface area (Å²) in [6, 6.07) is 0. The Morgan fingerprint density at radius 2 is 2.05 bits per heavy atom. The summed E-state index contributed by atoms with van der Waals surface area (Å²) in [6.45, 7) is 6.39. The van der Waals surface area contributed by atoms with Gasteiger partial charge in [0.25, 0.3) is 0 Å². The maximum atomic E-state index is 11.1. The van der Waals surface area contributed by atoms with Gasteiger partial charge in [-0.15, -0.1) is 0 Å². The molecule has 3 N–H and O–H groups in total. The van der Waals surface area contributed by atoms with Crippen molar-refractivity contribution in [1.82, 2.24) is 9.97 Å². The van der Waals surface area contributed by atoms with E-state index in [1.165, 1.54) is 6.20 Å². The minimum atomic E-state index is -0.624. The van der Waals surface area contributed by atoms with Crippen molar-refractivity contribution < 1.29 is 10.0 Å². The average molecular weight is 297 g/mol. The van der Waals surface area contributed by atoms with Gasteiger partial charge < -0.3 is 15.7 Å². The number of hydrogen-bond acceptors (Lipinski definition) is 7. The molecule has 0 aliphatic rings. The molecule has 0 bridgehead atoms. The van der Waals surface area contributed by atoms with Crippen LogP contribution < -0.4 is 10.6 Å². The van der Waals surface area contributed by atoms with Crippen molar-refractivity contribution in [2.45, 2.75) is 45.6 Å². The Morgan fingerprint density at radius 3 is 2.52 bits per heavy atom. The summed E-state index contributed by atoms with van der Waals surface area (Å²) < 4.78 is 0. The maximum absolute atomic E-state index is 11.1. The highest BCUT2D eigenvalue weighted by Crippen LogP contribution is 2.28. The van der Waals surface area contributed by atoms with E-state index in [2.05, 4.69) is 20.6 Å². The second-order valence-corrected chi connectivity index (χ2v) is 4.88. The summed E-state index contributed by atoms with van der Waals surface area (Å²) in [5, 5.41) is 26.7. The zero-order valence-corrected chi connectivity index (χ0v) is 12.7. The van der Waals surface area contributed by atoms with Crippen molar-refractivity contribution in [3.8, 4) is 0 Å². The number of nitrogens with zero attached hydrogens (tertiary/aromatic N) is 3. The molecule has 0 unspecified atom stereocenters. The van der Waals surface area contributed by atoms with Crippen LogP contribution in [0, 0.1) is 10.1 Å². The zero-order valence-electron chi connectivity index (χ0n) is 12.7. The second kappa shape index (κ2) is 7.72. The standard InChI is InChI=1S/C13H23N5O3/c1-4-7-14-12-15-8-10(18(20)21)11(16-12)17-13(5-2,6-3)9-19/h8,19H,4-7,9H2,1-3H3,(H2,14,15,16,17). The first-order valence-corrected chi connectivity index (χ1v) is 7.16. The molecule has 1 aromatic rings. The van der Waals surface area contributed by atoms with Gasteiger partial charge in [-0.3, -0.25) is 10.1 Å². The van der Waals surface area contributed by atoms with Crippen molar-refractivity contribution in [2.24, 2.45) is 0 Å². The van der Waals surface area contributed by atoms with Crippen LogP contribution in [-0.2, 0) is 0 Å². The molecule has 118 valence electrons. The molecular formula is C13H23N5O3. The van der Waals surface area contributed by atoms with Gasteiger partial charge in [0, 0.05) is 6.54 Å². The van der Waals surface area contributed by atoms with Gasteiger partial charge in [0.2, 0.25) is 11.8 Å². The van der Waals surface area contributed by atoms with Crippen LogP contribution in [0.25, 0.3) is 0 Å². The lowest BCUT2D eigenvalue weighted by Crippen LogP contribution is -2.41. The van der Waals surface area contributed by atoms with Gasteiger partial charge in [0.05, 0.1) is 17.1 Å². The Bertz CT molecular complexity index is 469. The molecule has 0 saturated heterocycles. The highest BCUT2D eigenvalue weighted by molar-refractivity contribution is 5.58. The number of anilines is 2. The fourth-order valence-electron chi connectivity index (χ4n) is 1.86. The molecule has 0 fully saturated rings. The first-order chi connectivity index (χ1) is 10.0. The number of nitrogens with one attached hydrogen (secondary N) is 2. The van der Waals surface area contributed by atoms with Crippen LogP contribution in [0.3, 0.4) is 0 Å². The van der Waals surface area contributed by atoms with Gasteiger partial charge in [0.15, 0.2) is 0 Å². The molecule has 1 aromatic heterocycles. The molecule has 21 heavy (non-hydrogen) atoms. The van der Waals surface area contributed by atoms with E-state index in [0.29, 0.717) is 25.3 Å². The van der Waals surface area contributed by atoms with E-state index in [9.17, 15) is 15.2 Å². The molecular weight excluding hydrogens is 274 g/mol. The zero-order chi connectivity index (χ0) is 15.9. The number of aromatic nitrogens is 2. The van der Waals surface area contributed by atoms with E-state index in [1.54, 1.807) is 0 Å². The lowest BCUT2D eigenvalue weighted by atomic mass is 9.94. The Balaban J connectivity index is 3.13. The maximum Gasteiger partial charge on any atom is 0.329 e. The second-order valence-electron chi connectivity index (χ2n) is 4.88. The molecule has 8 heteroatoms. The van der Waals surface area contributed by atoms with Crippen LogP contribution in [0.4, 0.5) is 17.5 Å². The van der Waals surface area contributed by atoms with Crippen molar-refractivity contribution in [3.63, 3.8) is 0 Å². The molecule has 0 aliphatic carbocycles. The van der Waals surface area contributed by atoms with Crippen molar-refractivity contribution in [3.05, 3.63) is 16.3 Å². The van der Waals surface area contributed by atoms with E-state index in [4.69, 9.17) is 0 Å². The molecule has 0 spiro atoms. The topological polar surface area (TPSA) is 113 Å². The molecule has 1 rings (SSSR count). The predicted molar refractivity (Wildman–Crippen MR) is 81.5 cm³/mol. The van der Waals surface area contributed by atoms with E-state index in [1.807, 2.05) is 20.8 Å². The number of nitro groups is 1. The minimum absolute atomic E-state index is 0.126. The monoisotopic (exact) mass is 297 g/mol. The molecule has 0 atom stereocenters. The van der Waals surface area contributed by atoms with Gasteiger partial charge in [-0.1, -0.05) is 20.8 Å². The summed E-state index contributed by atoms with van der Waals surface area (Å²) in [7, 11) is 0. The van der Waals surface area contributed by atoms with Crippen LogP contribution in [0.1, 0.15) is 40.0 Å². The predicted octanol–water partition coefficient (Wildman–Crippen LogP) is 2.17. The summed E-state index contributed by atoms with van der Waals surface area (Å²) in [6.07, 6.45) is 3.33. The molecule has 0 saturated carbocycles. The Kier molecular flexibility index (Phi) is 6.29. The van der Waals surface area contributed by atoms with Crippen molar-refractivity contribution >= 4 is 17.5 Å². The first kappa shape index (κ1) is 17.1. The third-order valence-corrected chi connectivity index (χ3v) is 3.54.